The molecule has 3 aromatic rings. The fraction of sp³-hybridized carbons (Fsp3) is 0.346. The Morgan fingerprint density at radius 3 is 2.34 bits per heavy atom. The standard InChI is InChI=1S/C26H29F3N4O2/c1-25(2,18-7-5-4-6-8-18)32-22-16-24(30-17-20(22)26(27,28)29)31-21-10-9-19(15-23(21)34-3)33-11-13-35-14-12-33/h4-10,15-17H,11-14H2,1-3H3,(H2,30,31,32). The lowest BCUT2D eigenvalue weighted by atomic mass is 9.93. The zero-order valence-electron chi connectivity index (χ0n) is 19.9. The number of rotatable bonds is 7. The van der Waals surface area contributed by atoms with Crippen LogP contribution in [-0.2, 0) is 16.5 Å². The van der Waals surface area contributed by atoms with Crippen LogP contribution in [-0.4, -0.2) is 38.4 Å². The molecule has 0 atom stereocenters. The van der Waals surface area contributed by atoms with E-state index in [9.17, 15) is 13.2 Å². The van der Waals surface area contributed by atoms with Crippen molar-refractivity contribution in [1.29, 1.82) is 0 Å². The van der Waals surface area contributed by atoms with Crippen LogP contribution in [0.5, 0.6) is 5.75 Å². The topological polar surface area (TPSA) is 58.7 Å². The number of benzene rings is 2. The lowest BCUT2D eigenvalue weighted by Gasteiger charge is -2.30. The average molecular weight is 487 g/mol. The summed E-state index contributed by atoms with van der Waals surface area (Å²) in [6, 6.07) is 16.4. The largest absolute Gasteiger partial charge is 0.494 e. The van der Waals surface area contributed by atoms with E-state index in [1.807, 2.05) is 62.4 Å². The van der Waals surface area contributed by atoms with Crippen molar-refractivity contribution < 1.29 is 22.6 Å². The van der Waals surface area contributed by atoms with Gasteiger partial charge < -0.3 is 25.0 Å². The minimum absolute atomic E-state index is 0.0623. The zero-order chi connectivity index (χ0) is 25.1. The highest BCUT2D eigenvalue weighted by atomic mass is 19.4. The molecule has 2 aromatic carbocycles. The second-order valence-electron chi connectivity index (χ2n) is 8.84. The molecule has 35 heavy (non-hydrogen) atoms. The van der Waals surface area contributed by atoms with Gasteiger partial charge in [-0.2, -0.15) is 13.2 Å². The van der Waals surface area contributed by atoms with Crippen molar-refractivity contribution in [3.63, 3.8) is 0 Å². The van der Waals surface area contributed by atoms with Crippen molar-refractivity contribution in [2.45, 2.75) is 25.6 Å². The third-order valence-corrected chi connectivity index (χ3v) is 5.98. The van der Waals surface area contributed by atoms with Gasteiger partial charge in [0.15, 0.2) is 0 Å². The Balaban J connectivity index is 1.63. The van der Waals surface area contributed by atoms with E-state index in [1.165, 1.54) is 6.07 Å². The van der Waals surface area contributed by atoms with E-state index in [0.717, 1.165) is 30.5 Å². The van der Waals surface area contributed by atoms with Gasteiger partial charge in [-0.05, 0) is 31.5 Å². The number of ether oxygens (including phenoxy) is 2. The van der Waals surface area contributed by atoms with Crippen molar-refractivity contribution >= 4 is 22.9 Å². The molecule has 4 rings (SSSR count). The monoisotopic (exact) mass is 486 g/mol. The SMILES string of the molecule is COc1cc(N2CCOCC2)ccc1Nc1cc(NC(C)(C)c2ccccc2)c(C(F)(F)F)cn1. The first-order chi connectivity index (χ1) is 16.7. The van der Waals surface area contributed by atoms with Gasteiger partial charge in [-0.3, -0.25) is 0 Å². The molecule has 2 N–H and O–H groups in total. The molecule has 0 unspecified atom stereocenters. The summed E-state index contributed by atoms with van der Waals surface area (Å²) in [5.74, 6) is 0.830. The minimum Gasteiger partial charge on any atom is -0.494 e. The second kappa shape index (κ2) is 10.0. The number of alkyl halides is 3. The van der Waals surface area contributed by atoms with Gasteiger partial charge in [0.2, 0.25) is 0 Å². The van der Waals surface area contributed by atoms with Gasteiger partial charge in [-0.25, -0.2) is 4.98 Å². The fourth-order valence-corrected chi connectivity index (χ4v) is 4.06. The summed E-state index contributed by atoms with van der Waals surface area (Å²) in [5, 5.41) is 6.18. The Bertz CT molecular complexity index is 1150. The highest BCUT2D eigenvalue weighted by Crippen LogP contribution is 2.39. The lowest BCUT2D eigenvalue weighted by Crippen LogP contribution is -2.36. The van der Waals surface area contributed by atoms with Crippen molar-refractivity contribution in [3.05, 3.63) is 71.9 Å². The summed E-state index contributed by atoms with van der Waals surface area (Å²) in [7, 11) is 1.55. The van der Waals surface area contributed by atoms with Crippen molar-refractivity contribution in [3.8, 4) is 5.75 Å². The first kappa shape index (κ1) is 24.7. The molecule has 1 aliphatic heterocycles. The molecular formula is C26H29F3N4O2. The maximum absolute atomic E-state index is 13.8. The number of nitrogens with zero attached hydrogens (tertiary/aromatic N) is 2. The van der Waals surface area contributed by atoms with E-state index in [2.05, 4.69) is 20.5 Å². The number of methoxy groups -OCH3 is 1. The van der Waals surface area contributed by atoms with Crippen LogP contribution >= 0.6 is 0 Å². The molecule has 0 radical (unpaired) electrons. The average Bonchev–Trinajstić information content (AvgIpc) is 2.84. The third kappa shape index (κ3) is 5.79. The lowest BCUT2D eigenvalue weighted by molar-refractivity contribution is -0.137. The number of hydrogen-bond donors (Lipinski definition) is 2. The molecular weight excluding hydrogens is 457 g/mol. The van der Waals surface area contributed by atoms with Crippen LogP contribution in [0, 0.1) is 0 Å². The van der Waals surface area contributed by atoms with Gasteiger partial charge in [0.05, 0.1) is 42.8 Å². The van der Waals surface area contributed by atoms with Crippen LogP contribution in [0.3, 0.4) is 0 Å². The summed E-state index contributed by atoms with van der Waals surface area (Å²) in [6.45, 7) is 6.55. The summed E-state index contributed by atoms with van der Waals surface area (Å²) < 4.78 is 52.3. The molecule has 1 aromatic heterocycles. The number of morpholine rings is 1. The van der Waals surface area contributed by atoms with Crippen molar-refractivity contribution in [2.75, 3.05) is 48.9 Å². The Kier molecular flexibility index (Phi) is 7.07. The van der Waals surface area contributed by atoms with Crippen LogP contribution in [0.1, 0.15) is 25.0 Å². The normalized spacial score (nSPS) is 14.5. The molecule has 0 amide bonds. The molecule has 1 aliphatic rings. The molecule has 0 spiro atoms. The Labute approximate surface area is 203 Å². The first-order valence-electron chi connectivity index (χ1n) is 11.4. The van der Waals surface area contributed by atoms with E-state index in [4.69, 9.17) is 9.47 Å². The second-order valence-corrected chi connectivity index (χ2v) is 8.84. The number of anilines is 4. The van der Waals surface area contributed by atoms with Crippen molar-refractivity contribution in [2.24, 2.45) is 0 Å². The van der Waals surface area contributed by atoms with Gasteiger partial charge in [0, 0.05) is 37.1 Å². The number of pyridine rings is 1. The van der Waals surface area contributed by atoms with Gasteiger partial charge in [-0.1, -0.05) is 30.3 Å². The maximum Gasteiger partial charge on any atom is 0.419 e. The molecule has 2 heterocycles. The smallest absolute Gasteiger partial charge is 0.419 e. The zero-order valence-corrected chi connectivity index (χ0v) is 19.9. The van der Waals surface area contributed by atoms with Crippen molar-refractivity contribution in [1.82, 2.24) is 4.98 Å². The van der Waals surface area contributed by atoms with E-state index in [-0.39, 0.29) is 11.5 Å². The van der Waals surface area contributed by atoms with E-state index < -0.39 is 17.3 Å². The quantitative estimate of drug-likeness (QED) is 0.425. The summed E-state index contributed by atoms with van der Waals surface area (Å²) in [4.78, 5) is 6.23. The summed E-state index contributed by atoms with van der Waals surface area (Å²) in [6.07, 6.45) is -3.71. The Morgan fingerprint density at radius 2 is 1.69 bits per heavy atom. The fourth-order valence-electron chi connectivity index (χ4n) is 4.06. The van der Waals surface area contributed by atoms with Crippen LogP contribution in [0.4, 0.5) is 36.1 Å². The molecule has 1 saturated heterocycles. The summed E-state index contributed by atoms with van der Waals surface area (Å²) in [5.41, 5.74) is 0.805. The van der Waals surface area contributed by atoms with Gasteiger partial charge >= 0.3 is 6.18 Å². The van der Waals surface area contributed by atoms with Gasteiger partial charge in [-0.15, -0.1) is 0 Å². The predicted molar refractivity (Wildman–Crippen MR) is 132 cm³/mol. The van der Waals surface area contributed by atoms with Crippen LogP contribution < -0.4 is 20.3 Å². The van der Waals surface area contributed by atoms with Gasteiger partial charge in [0.25, 0.3) is 0 Å². The predicted octanol–water partition coefficient (Wildman–Crippen LogP) is 6.04. The molecule has 0 bridgehead atoms. The van der Waals surface area contributed by atoms with E-state index in [0.29, 0.717) is 24.7 Å². The highest BCUT2D eigenvalue weighted by Gasteiger charge is 2.36. The third-order valence-electron chi connectivity index (χ3n) is 5.98. The molecule has 6 nitrogen and oxygen atoms in total. The Morgan fingerprint density at radius 1 is 0.971 bits per heavy atom. The van der Waals surface area contributed by atoms with Crippen LogP contribution in [0.15, 0.2) is 60.8 Å². The van der Waals surface area contributed by atoms with Crippen LogP contribution in [0.2, 0.25) is 0 Å². The molecule has 9 heteroatoms. The molecule has 1 fully saturated rings. The molecule has 186 valence electrons. The van der Waals surface area contributed by atoms with Crippen LogP contribution in [0.25, 0.3) is 0 Å². The minimum atomic E-state index is -4.56. The number of halogens is 3. The number of nitrogens with one attached hydrogen (secondary N) is 2. The number of aromatic nitrogens is 1. The summed E-state index contributed by atoms with van der Waals surface area (Å²) >= 11 is 0. The molecule has 0 saturated carbocycles. The number of hydrogen-bond acceptors (Lipinski definition) is 6. The Hall–Kier alpha value is -3.46. The van der Waals surface area contributed by atoms with E-state index in [1.54, 1.807) is 7.11 Å². The first-order valence-corrected chi connectivity index (χ1v) is 11.4. The van der Waals surface area contributed by atoms with Gasteiger partial charge in [0.1, 0.15) is 11.6 Å². The highest BCUT2D eigenvalue weighted by molar-refractivity contribution is 5.71. The maximum atomic E-state index is 13.8. The van der Waals surface area contributed by atoms with E-state index >= 15 is 0 Å². The molecule has 0 aliphatic carbocycles.